The molecular formula is C38H36ClF4N9O6. The number of carbonyl (C=O) groups is 2. The number of ether oxygens (including phenoxy) is 2. The first kappa shape index (κ1) is 39.1. The van der Waals surface area contributed by atoms with Crippen LogP contribution in [0.2, 0.25) is 5.02 Å². The van der Waals surface area contributed by atoms with Gasteiger partial charge in [0.15, 0.2) is 17.4 Å². The van der Waals surface area contributed by atoms with Crippen molar-refractivity contribution < 1.29 is 41.7 Å². The lowest BCUT2D eigenvalue weighted by Crippen LogP contribution is -2.51. The van der Waals surface area contributed by atoms with Crippen LogP contribution in [0.4, 0.5) is 28.9 Å². The number of fused-ring (bicyclic) bond motifs is 1. The Hall–Kier alpha value is -5.79. The Morgan fingerprint density at radius 3 is 2.50 bits per heavy atom. The third-order valence-electron chi connectivity index (χ3n) is 10.4. The molecule has 2 saturated heterocycles. The maximum atomic E-state index is 15.1. The molecule has 0 spiro atoms. The van der Waals surface area contributed by atoms with Gasteiger partial charge in [-0.1, -0.05) is 24.6 Å². The highest BCUT2D eigenvalue weighted by Crippen LogP contribution is 2.35. The quantitative estimate of drug-likeness (QED) is 0.198. The molecule has 2 aromatic carbocycles. The van der Waals surface area contributed by atoms with E-state index in [4.69, 9.17) is 21.1 Å². The molecule has 8 rings (SSSR count). The van der Waals surface area contributed by atoms with Crippen LogP contribution in [0.1, 0.15) is 46.8 Å². The molecule has 15 nitrogen and oxygen atoms in total. The van der Waals surface area contributed by atoms with E-state index in [1.54, 1.807) is 35.0 Å². The van der Waals surface area contributed by atoms with Gasteiger partial charge in [0.2, 0.25) is 11.7 Å². The number of hydrogen-bond donors (Lipinski definition) is 2. The van der Waals surface area contributed by atoms with E-state index in [-0.39, 0.29) is 72.2 Å². The number of halogens is 5. The van der Waals surface area contributed by atoms with Gasteiger partial charge in [0, 0.05) is 37.9 Å². The zero-order valence-electron chi connectivity index (χ0n) is 30.9. The first-order valence-corrected chi connectivity index (χ1v) is 18.8. The summed E-state index contributed by atoms with van der Waals surface area (Å²) in [6.07, 6.45) is 1.19. The lowest BCUT2D eigenvalue weighted by molar-refractivity contribution is -0.137. The van der Waals surface area contributed by atoms with Crippen LogP contribution in [-0.4, -0.2) is 103 Å². The zero-order chi connectivity index (χ0) is 40.9. The lowest BCUT2D eigenvalue weighted by Gasteiger charge is -2.37. The summed E-state index contributed by atoms with van der Waals surface area (Å²) >= 11 is 6.14. The van der Waals surface area contributed by atoms with Gasteiger partial charge in [-0.15, -0.1) is 5.10 Å². The van der Waals surface area contributed by atoms with Crippen molar-refractivity contribution in [3.8, 4) is 16.9 Å². The summed E-state index contributed by atoms with van der Waals surface area (Å²) in [6.45, 7) is 3.62. The fourth-order valence-electron chi connectivity index (χ4n) is 7.22. The summed E-state index contributed by atoms with van der Waals surface area (Å²) in [6, 6.07) is 5.22. The van der Waals surface area contributed by atoms with Gasteiger partial charge in [0.1, 0.15) is 12.2 Å². The van der Waals surface area contributed by atoms with E-state index in [0.29, 0.717) is 49.7 Å². The minimum atomic E-state index is -4.63. The van der Waals surface area contributed by atoms with Crippen molar-refractivity contribution in [2.75, 3.05) is 62.8 Å². The van der Waals surface area contributed by atoms with Crippen LogP contribution in [-0.2, 0) is 33.4 Å². The first-order valence-electron chi connectivity index (χ1n) is 18.5. The van der Waals surface area contributed by atoms with Crippen LogP contribution in [0.25, 0.3) is 22.5 Å². The molecule has 5 aromatic rings. The van der Waals surface area contributed by atoms with Crippen LogP contribution in [0, 0.1) is 5.82 Å². The highest BCUT2D eigenvalue weighted by atomic mass is 35.5. The number of carbonyl (C=O) groups excluding carboxylic acids is 2. The number of rotatable bonds is 9. The molecule has 3 aromatic heterocycles. The fourth-order valence-corrected chi connectivity index (χ4v) is 7.44. The number of aromatic hydroxyl groups is 1. The third kappa shape index (κ3) is 7.40. The summed E-state index contributed by atoms with van der Waals surface area (Å²) in [7, 11) is 0. The Morgan fingerprint density at radius 2 is 1.84 bits per heavy atom. The van der Waals surface area contributed by atoms with Crippen LogP contribution in [0.5, 0.6) is 5.75 Å². The molecular weight excluding hydrogens is 790 g/mol. The minimum absolute atomic E-state index is 0.0411. The predicted octanol–water partition coefficient (Wildman–Crippen LogP) is 4.81. The second-order valence-corrected chi connectivity index (χ2v) is 14.4. The minimum Gasteiger partial charge on any atom is -0.504 e. The van der Waals surface area contributed by atoms with Crippen molar-refractivity contribution in [3.63, 3.8) is 0 Å². The van der Waals surface area contributed by atoms with Crippen molar-refractivity contribution in [2.24, 2.45) is 0 Å². The smallest absolute Gasteiger partial charge is 0.416 e. The normalized spacial score (nSPS) is 16.4. The summed E-state index contributed by atoms with van der Waals surface area (Å²) in [5.41, 5.74) is 0.552. The van der Waals surface area contributed by atoms with Crippen molar-refractivity contribution in [1.82, 2.24) is 33.8 Å². The van der Waals surface area contributed by atoms with E-state index in [1.807, 2.05) is 0 Å². The van der Waals surface area contributed by atoms with Gasteiger partial charge in [-0.05, 0) is 54.3 Å². The molecule has 0 aliphatic carbocycles. The number of phenolic OH excluding ortho intramolecular Hbond substituents is 1. The second kappa shape index (κ2) is 15.5. The van der Waals surface area contributed by atoms with Gasteiger partial charge in [-0.2, -0.15) is 27.8 Å². The number of aromatic nitrogens is 6. The van der Waals surface area contributed by atoms with E-state index >= 15 is 4.39 Å². The summed E-state index contributed by atoms with van der Waals surface area (Å²) in [4.78, 5) is 49.6. The van der Waals surface area contributed by atoms with Gasteiger partial charge in [-0.3, -0.25) is 19.1 Å². The van der Waals surface area contributed by atoms with Gasteiger partial charge < -0.3 is 34.3 Å². The molecule has 3 aliphatic rings. The number of alkyl halides is 3. The Balaban J connectivity index is 1.08. The second-order valence-electron chi connectivity index (χ2n) is 14.0. The van der Waals surface area contributed by atoms with Crippen LogP contribution in [0.3, 0.4) is 0 Å². The predicted molar refractivity (Wildman–Crippen MR) is 202 cm³/mol. The van der Waals surface area contributed by atoms with E-state index in [2.05, 4.69) is 20.5 Å². The number of nitrogens with one attached hydrogen (secondary N) is 1. The lowest BCUT2D eigenvalue weighted by atomic mass is 10.0. The Bertz CT molecular complexity index is 2520. The van der Waals surface area contributed by atoms with Gasteiger partial charge in [0.05, 0.1) is 66.2 Å². The highest BCUT2D eigenvalue weighted by Gasteiger charge is 2.33. The van der Waals surface area contributed by atoms with Crippen molar-refractivity contribution >= 4 is 46.1 Å². The number of phenols is 1. The van der Waals surface area contributed by atoms with E-state index in [1.165, 1.54) is 15.5 Å². The molecule has 58 heavy (non-hydrogen) atoms. The van der Waals surface area contributed by atoms with E-state index in [9.17, 15) is 32.7 Å². The molecule has 6 heterocycles. The SMILES string of the molecule is CCc1c(N2CCN(C(=O)c3cc(-c4cnn(C5COC5)c4)cc(F)c3O)CC2)c(=O)n2nc(C3=CCOCC3)nc2n1CC(=O)Nc1ccc(C(F)(F)F)cc1Cl. The first-order chi connectivity index (χ1) is 27.8. The molecule has 0 saturated carbocycles. The van der Waals surface area contributed by atoms with Gasteiger partial charge >= 0.3 is 6.18 Å². The molecule has 2 fully saturated rings. The maximum absolute atomic E-state index is 15.1. The molecule has 0 atom stereocenters. The summed E-state index contributed by atoms with van der Waals surface area (Å²) in [5.74, 6) is -2.67. The average molecular weight is 826 g/mol. The molecule has 0 bridgehead atoms. The fraction of sp³-hybridized carbons (Fsp3) is 0.368. The Morgan fingerprint density at radius 1 is 1.07 bits per heavy atom. The van der Waals surface area contributed by atoms with Crippen LogP contribution < -0.4 is 15.8 Å². The molecule has 2 amide bonds. The van der Waals surface area contributed by atoms with Crippen molar-refractivity contribution in [3.05, 3.63) is 92.6 Å². The number of piperazine rings is 1. The molecule has 2 N–H and O–H groups in total. The number of benzene rings is 2. The molecule has 304 valence electrons. The Kier molecular flexibility index (Phi) is 10.4. The zero-order valence-corrected chi connectivity index (χ0v) is 31.7. The van der Waals surface area contributed by atoms with Crippen LogP contribution in [0.15, 0.2) is 53.6 Å². The highest BCUT2D eigenvalue weighted by molar-refractivity contribution is 6.33. The van der Waals surface area contributed by atoms with Gasteiger partial charge in [0.25, 0.3) is 11.5 Å². The standard InChI is InChI=1S/C38H36ClF4N9O6/c1-2-30-32(48-7-9-49(10-8-48)35(55)26-13-22(14-28(40)33(26)54)23-16-44-51(17-23)25-19-58-20-25)36(56)52-37(46-34(47-52)21-5-11-57-12-6-21)50(30)18-31(53)45-29-4-3-24(15-27(29)39)38(41,42)43/h3-5,13-17,25,54H,2,6-12,18-20H2,1H3,(H,45,53). The monoisotopic (exact) mass is 825 g/mol. The topological polar surface area (TPSA) is 161 Å². The van der Waals surface area contributed by atoms with Crippen LogP contribution >= 0.6 is 11.6 Å². The third-order valence-corrected chi connectivity index (χ3v) is 10.7. The largest absolute Gasteiger partial charge is 0.504 e. The molecule has 0 radical (unpaired) electrons. The molecule has 3 aliphatic heterocycles. The maximum Gasteiger partial charge on any atom is 0.416 e. The number of amides is 2. The van der Waals surface area contributed by atoms with Crippen molar-refractivity contribution in [1.29, 1.82) is 0 Å². The van der Waals surface area contributed by atoms with Gasteiger partial charge in [-0.25, -0.2) is 4.39 Å². The molecule has 0 unspecified atom stereocenters. The summed E-state index contributed by atoms with van der Waals surface area (Å²) < 4.78 is 69.9. The number of nitrogens with zero attached hydrogens (tertiary/aromatic N) is 8. The van der Waals surface area contributed by atoms with E-state index < -0.39 is 47.2 Å². The number of hydrogen-bond acceptors (Lipinski definition) is 10. The van der Waals surface area contributed by atoms with E-state index in [0.717, 1.165) is 34.4 Å². The number of anilines is 2. The molecule has 20 heteroatoms. The average Bonchev–Trinajstić information content (AvgIpc) is 3.86. The summed E-state index contributed by atoms with van der Waals surface area (Å²) in [5, 5.41) is 21.8. The van der Waals surface area contributed by atoms with Crippen molar-refractivity contribution in [2.45, 2.75) is 38.5 Å². The Labute approximate surface area is 332 Å².